The summed E-state index contributed by atoms with van der Waals surface area (Å²) in [6.45, 7) is 0. The van der Waals surface area contributed by atoms with Crippen LogP contribution < -0.4 is 41.5 Å². The zero-order chi connectivity index (χ0) is 50.2. The Bertz CT molecular complexity index is 4350. The third-order valence-electron chi connectivity index (χ3n) is 16.6. The summed E-state index contributed by atoms with van der Waals surface area (Å²) in [6, 6.07) is 114. The van der Waals surface area contributed by atoms with Crippen LogP contribution in [-0.4, -0.2) is 25.3 Å². The van der Waals surface area contributed by atoms with Crippen LogP contribution in [0.3, 0.4) is 0 Å². The summed E-state index contributed by atoms with van der Waals surface area (Å²) in [5.74, 6) is 0. The highest BCUT2D eigenvalue weighted by atomic mass is 28.3. The zero-order valence-corrected chi connectivity index (χ0v) is 43.8. The van der Waals surface area contributed by atoms with E-state index in [0.717, 1.165) is 11.4 Å². The van der Waals surface area contributed by atoms with Crippen LogP contribution in [0.4, 0.5) is 0 Å². The van der Waals surface area contributed by atoms with Gasteiger partial charge in [-0.05, 0) is 106 Å². The molecule has 2 aromatic heterocycles. The topological polar surface area (TPSA) is 9.86 Å². The Balaban J connectivity index is 0.942. The van der Waals surface area contributed by atoms with E-state index < -0.39 is 16.1 Å². The molecule has 0 N–H and O–H groups in total. The summed E-state index contributed by atoms with van der Waals surface area (Å²) < 4.78 is 4.99. The van der Waals surface area contributed by atoms with Crippen LogP contribution in [-0.2, 0) is 0 Å². The van der Waals surface area contributed by atoms with E-state index in [2.05, 4.69) is 312 Å². The van der Waals surface area contributed by atoms with E-state index in [4.69, 9.17) is 0 Å². The molecule has 1 aliphatic rings. The second-order valence-electron chi connectivity index (χ2n) is 20.3. The standard InChI is InChI=1S/C72H50N2Si2/c1-6-24-53(25-7-1)75(54-26-8-2-9-27-54,55-28-10-3-11-29-55)58-47-44-51(45-48-58)73-66-40-19-16-34-59(66)60-49-46-52(50-69(60)73)74-67-41-20-17-36-65(67)71-62(37-23-42-68(71)74)64-39-22-38-63-61-35-18-21-43-70(61)76(72(63)64,56-30-12-4-13-31-56)57-32-14-5-15-33-57/h1-50H. The number of rotatable bonds is 9. The van der Waals surface area contributed by atoms with E-state index in [1.54, 1.807) is 0 Å². The molecule has 3 heterocycles. The summed E-state index contributed by atoms with van der Waals surface area (Å²) >= 11 is 0. The molecule has 0 bridgehead atoms. The van der Waals surface area contributed by atoms with Gasteiger partial charge in [0.15, 0.2) is 16.1 Å². The van der Waals surface area contributed by atoms with Crippen molar-refractivity contribution in [2.24, 2.45) is 0 Å². The minimum Gasteiger partial charge on any atom is -0.309 e. The van der Waals surface area contributed by atoms with Gasteiger partial charge in [0.25, 0.3) is 0 Å². The zero-order valence-electron chi connectivity index (χ0n) is 41.8. The first-order valence-corrected chi connectivity index (χ1v) is 30.4. The Morgan fingerprint density at radius 1 is 0.263 bits per heavy atom. The van der Waals surface area contributed by atoms with Crippen molar-refractivity contribution in [1.82, 2.24) is 9.13 Å². The molecule has 0 spiro atoms. The number of hydrogen-bond donors (Lipinski definition) is 0. The van der Waals surface area contributed by atoms with Gasteiger partial charge in [-0.25, -0.2) is 0 Å². The molecule has 0 saturated carbocycles. The van der Waals surface area contributed by atoms with Crippen molar-refractivity contribution >= 4 is 101 Å². The summed E-state index contributed by atoms with van der Waals surface area (Å²) in [5.41, 5.74) is 12.3. The maximum absolute atomic E-state index is 2.82. The van der Waals surface area contributed by atoms with Crippen molar-refractivity contribution < 1.29 is 0 Å². The normalized spacial score (nSPS) is 12.8. The number of nitrogens with zero attached hydrogens (tertiary/aromatic N) is 2. The fourth-order valence-electron chi connectivity index (χ4n) is 13.6. The van der Waals surface area contributed by atoms with Crippen molar-refractivity contribution in [2.45, 2.75) is 0 Å². The molecule has 0 atom stereocenters. The lowest BCUT2D eigenvalue weighted by molar-refractivity contribution is 1.16. The maximum atomic E-state index is 2.51. The van der Waals surface area contributed by atoms with Crippen molar-refractivity contribution in [3.05, 3.63) is 303 Å². The van der Waals surface area contributed by atoms with E-state index >= 15 is 0 Å². The second-order valence-corrected chi connectivity index (χ2v) is 27.8. The monoisotopic (exact) mass is 998 g/mol. The average Bonchev–Trinajstić information content (AvgIpc) is 4.18. The molecule has 0 aliphatic carbocycles. The Labute approximate surface area is 444 Å². The first-order valence-electron chi connectivity index (χ1n) is 26.4. The van der Waals surface area contributed by atoms with E-state index in [1.165, 1.54) is 107 Å². The number of fused-ring (bicyclic) bond motifs is 9. The van der Waals surface area contributed by atoms with Gasteiger partial charge in [-0.15, -0.1) is 0 Å². The Hall–Kier alpha value is -9.33. The Morgan fingerprint density at radius 2 is 0.671 bits per heavy atom. The van der Waals surface area contributed by atoms with E-state index in [0.29, 0.717) is 0 Å². The van der Waals surface area contributed by atoms with Crippen molar-refractivity contribution in [3.63, 3.8) is 0 Å². The van der Waals surface area contributed by atoms with Gasteiger partial charge < -0.3 is 9.13 Å². The lowest BCUT2D eigenvalue weighted by atomic mass is 9.96. The van der Waals surface area contributed by atoms with Gasteiger partial charge in [0.2, 0.25) is 0 Å². The number of hydrogen-bond acceptors (Lipinski definition) is 0. The molecule has 0 amide bonds. The van der Waals surface area contributed by atoms with Crippen molar-refractivity contribution in [3.8, 4) is 33.6 Å². The van der Waals surface area contributed by atoms with Crippen LogP contribution in [0.1, 0.15) is 0 Å². The van der Waals surface area contributed by atoms with Crippen molar-refractivity contribution in [2.75, 3.05) is 0 Å². The molecule has 12 aromatic carbocycles. The van der Waals surface area contributed by atoms with Crippen LogP contribution in [0, 0.1) is 0 Å². The lowest BCUT2D eigenvalue weighted by Gasteiger charge is -2.34. The minimum absolute atomic E-state index is 1.13. The predicted molar refractivity (Wildman–Crippen MR) is 327 cm³/mol. The smallest absolute Gasteiger partial charge is 0.181 e. The van der Waals surface area contributed by atoms with Crippen LogP contribution in [0.2, 0.25) is 0 Å². The first kappa shape index (κ1) is 44.2. The maximum Gasteiger partial charge on any atom is 0.181 e. The molecule has 76 heavy (non-hydrogen) atoms. The third-order valence-corrected chi connectivity index (χ3v) is 26.3. The second kappa shape index (κ2) is 17.7. The summed E-state index contributed by atoms with van der Waals surface area (Å²) in [6.07, 6.45) is 0. The van der Waals surface area contributed by atoms with Gasteiger partial charge in [0.05, 0.1) is 22.1 Å². The summed E-state index contributed by atoms with van der Waals surface area (Å²) in [5, 5.41) is 16.1. The van der Waals surface area contributed by atoms with E-state index in [9.17, 15) is 0 Å². The third kappa shape index (κ3) is 6.38. The average molecular weight is 999 g/mol. The molecule has 0 unspecified atom stereocenters. The van der Waals surface area contributed by atoms with Crippen LogP contribution in [0.5, 0.6) is 0 Å². The van der Waals surface area contributed by atoms with Crippen LogP contribution in [0.15, 0.2) is 303 Å². The summed E-state index contributed by atoms with van der Waals surface area (Å²) in [7, 11) is -5.54. The molecule has 0 saturated heterocycles. The van der Waals surface area contributed by atoms with Gasteiger partial charge in [-0.1, -0.05) is 261 Å². The molecular formula is C72H50N2Si2. The van der Waals surface area contributed by atoms with E-state index in [-0.39, 0.29) is 0 Å². The lowest BCUT2D eigenvalue weighted by Crippen LogP contribution is -2.74. The summed E-state index contributed by atoms with van der Waals surface area (Å²) in [4.78, 5) is 0. The van der Waals surface area contributed by atoms with Gasteiger partial charge in [0.1, 0.15) is 0 Å². The quantitative estimate of drug-likeness (QED) is 0.101. The van der Waals surface area contributed by atoms with Crippen molar-refractivity contribution in [1.29, 1.82) is 0 Å². The Morgan fingerprint density at radius 3 is 1.29 bits per heavy atom. The SMILES string of the molecule is c1ccc([Si](c2ccccc2)(c2ccccc2)c2ccc(-n3c4ccccc4c4ccc(-n5c6ccccc6c6c(-c7cccc8c7[Si](c7ccccc7)(c7ccccc7)c7ccccc7-8)cccc65)cc43)cc2)cc1. The number of benzene rings is 12. The molecule has 356 valence electrons. The number of para-hydroxylation sites is 2. The van der Waals surface area contributed by atoms with Crippen LogP contribution >= 0.6 is 0 Å². The van der Waals surface area contributed by atoms with Gasteiger partial charge in [-0.2, -0.15) is 0 Å². The molecule has 1 aliphatic heterocycles. The van der Waals surface area contributed by atoms with Crippen LogP contribution in [0.25, 0.3) is 77.2 Å². The number of aromatic nitrogens is 2. The van der Waals surface area contributed by atoms with Gasteiger partial charge in [0, 0.05) is 32.9 Å². The molecular weight excluding hydrogens is 949 g/mol. The molecule has 15 rings (SSSR count). The minimum atomic E-state index is -2.82. The molecule has 0 fully saturated rings. The molecule has 4 heteroatoms. The Kier molecular flexibility index (Phi) is 10.3. The van der Waals surface area contributed by atoms with Gasteiger partial charge in [-0.3, -0.25) is 0 Å². The van der Waals surface area contributed by atoms with Gasteiger partial charge >= 0.3 is 0 Å². The largest absolute Gasteiger partial charge is 0.309 e. The first-order chi connectivity index (χ1) is 37.7. The van der Waals surface area contributed by atoms with E-state index in [1.807, 2.05) is 0 Å². The molecule has 14 aromatic rings. The highest BCUT2D eigenvalue weighted by molar-refractivity contribution is 7.23. The predicted octanol–water partition coefficient (Wildman–Crippen LogP) is 12.3. The highest BCUT2D eigenvalue weighted by Crippen LogP contribution is 2.42. The fourth-order valence-corrected chi connectivity index (χ4v) is 23.7. The fraction of sp³-hybridized carbons (Fsp3) is 0. The molecule has 2 nitrogen and oxygen atoms in total. The highest BCUT2D eigenvalue weighted by Gasteiger charge is 2.50. The molecule has 0 radical (unpaired) electrons.